The number of hydrogen-bond acceptors (Lipinski definition) is 5. The Bertz CT molecular complexity index is 1000. The van der Waals surface area contributed by atoms with Gasteiger partial charge in [0.05, 0.1) is 6.07 Å². The molecule has 1 aliphatic heterocycles. The molecular weight excluding hydrogens is 328 g/mol. The smallest absolute Gasteiger partial charge is 0.237 e. The Morgan fingerprint density at radius 1 is 1.46 bits per heavy atom. The van der Waals surface area contributed by atoms with E-state index < -0.39 is 5.92 Å². The number of nitriles is 1. The van der Waals surface area contributed by atoms with Crippen molar-refractivity contribution in [2.45, 2.75) is 25.8 Å². The minimum absolute atomic E-state index is 0.0210. The van der Waals surface area contributed by atoms with Crippen LogP contribution in [0.1, 0.15) is 19.8 Å². The lowest BCUT2D eigenvalue weighted by atomic mass is 10.0. The van der Waals surface area contributed by atoms with Crippen LogP contribution in [0.2, 0.25) is 0 Å². The Hall–Kier alpha value is -3.14. The van der Waals surface area contributed by atoms with Gasteiger partial charge >= 0.3 is 0 Å². The summed E-state index contributed by atoms with van der Waals surface area (Å²) in [5.41, 5.74) is 0.844. The molecule has 2 unspecified atom stereocenters. The summed E-state index contributed by atoms with van der Waals surface area (Å²) in [6.45, 7) is 3.20. The van der Waals surface area contributed by atoms with Crippen molar-refractivity contribution in [2.75, 3.05) is 18.0 Å². The highest BCUT2D eigenvalue weighted by atomic mass is 16.1. The third-order valence-electron chi connectivity index (χ3n) is 4.94. The Kier molecular flexibility index (Phi) is 4.17. The number of aromatic nitrogens is 3. The summed E-state index contributed by atoms with van der Waals surface area (Å²) in [7, 11) is 0. The van der Waals surface area contributed by atoms with Crippen LogP contribution in [-0.2, 0) is 4.79 Å². The van der Waals surface area contributed by atoms with Crippen molar-refractivity contribution in [1.82, 2.24) is 20.3 Å². The maximum Gasteiger partial charge on any atom is 0.237 e. The molecule has 2 N–H and O–H groups in total. The van der Waals surface area contributed by atoms with E-state index in [0.29, 0.717) is 6.54 Å². The molecule has 3 aromatic heterocycles. The average Bonchev–Trinajstić information content (AvgIpc) is 3.16. The van der Waals surface area contributed by atoms with Crippen molar-refractivity contribution in [3.8, 4) is 6.07 Å². The van der Waals surface area contributed by atoms with Crippen LogP contribution in [0.15, 0.2) is 30.7 Å². The summed E-state index contributed by atoms with van der Waals surface area (Å²) in [6, 6.07) is 6.00. The van der Waals surface area contributed by atoms with Crippen molar-refractivity contribution < 1.29 is 4.79 Å². The largest absolute Gasteiger partial charge is 0.354 e. The van der Waals surface area contributed by atoms with Crippen molar-refractivity contribution in [1.29, 1.82) is 5.26 Å². The molecule has 7 nitrogen and oxygen atoms in total. The van der Waals surface area contributed by atoms with E-state index in [-0.39, 0.29) is 11.9 Å². The number of nitrogens with one attached hydrogen (secondary N) is 2. The fraction of sp³-hybridized carbons (Fsp3) is 0.368. The van der Waals surface area contributed by atoms with E-state index in [1.54, 1.807) is 13.1 Å². The van der Waals surface area contributed by atoms with Gasteiger partial charge in [-0.25, -0.2) is 9.97 Å². The third kappa shape index (κ3) is 2.84. The third-order valence-corrected chi connectivity index (χ3v) is 4.94. The zero-order chi connectivity index (χ0) is 18.1. The van der Waals surface area contributed by atoms with Gasteiger partial charge in [-0.1, -0.05) is 0 Å². The van der Waals surface area contributed by atoms with Crippen molar-refractivity contribution >= 4 is 33.5 Å². The molecule has 1 amide bonds. The van der Waals surface area contributed by atoms with Crippen LogP contribution < -0.4 is 10.2 Å². The second-order valence-electron chi connectivity index (χ2n) is 6.74. The van der Waals surface area contributed by atoms with Gasteiger partial charge in [-0.05, 0) is 31.9 Å². The fourth-order valence-corrected chi connectivity index (χ4v) is 3.56. The normalized spacial score (nSPS) is 18.6. The number of carbonyl (C=O) groups is 1. The lowest BCUT2D eigenvalue weighted by Crippen LogP contribution is -2.49. The number of rotatable bonds is 3. The number of amides is 1. The molecule has 4 heterocycles. The molecule has 4 rings (SSSR count). The molecule has 26 heavy (non-hydrogen) atoms. The first-order chi connectivity index (χ1) is 12.7. The van der Waals surface area contributed by atoms with E-state index in [2.05, 4.69) is 25.2 Å². The SMILES string of the molecule is CC(C#N)C(=O)NC1CCCN(c2nccc3cnc4[nH]ccc4c23)C1. The number of carbonyl (C=O) groups excluding carboxylic acids is 1. The summed E-state index contributed by atoms with van der Waals surface area (Å²) in [5.74, 6) is 0.0795. The molecule has 1 saturated heterocycles. The van der Waals surface area contributed by atoms with Gasteiger partial charge in [-0.15, -0.1) is 0 Å². The first-order valence-corrected chi connectivity index (χ1v) is 8.83. The molecule has 0 radical (unpaired) electrons. The Morgan fingerprint density at radius 3 is 3.19 bits per heavy atom. The quantitative estimate of drug-likeness (QED) is 0.757. The molecule has 2 atom stereocenters. The van der Waals surface area contributed by atoms with Crippen LogP contribution in [-0.4, -0.2) is 40.0 Å². The maximum atomic E-state index is 12.1. The van der Waals surface area contributed by atoms with Gasteiger partial charge in [-0.2, -0.15) is 5.26 Å². The Balaban J connectivity index is 1.66. The number of hydrogen-bond donors (Lipinski definition) is 2. The van der Waals surface area contributed by atoms with Crippen LogP contribution in [0.3, 0.4) is 0 Å². The van der Waals surface area contributed by atoms with E-state index in [1.165, 1.54) is 0 Å². The van der Waals surface area contributed by atoms with Crippen LogP contribution in [0, 0.1) is 17.2 Å². The van der Waals surface area contributed by atoms with Crippen LogP contribution in [0.25, 0.3) is 21.8 Å². The van der Waals surface area contributed by atoms with Crippen LogP contribution in [0.5, 0.6) is 0 Å². The molecule has 0 spiro atoms. The fourth-order valence-electron chi connectivity index (χ4n) is 3.56. The maximum absolute atomic E-state index is 12.1. The molecule has 3 aromatic rings. The summed E-state index contributed by atoms with van der Waals surface area (Å²) in [5, 5.41) is 15.1. The van der Waals surface area contributed by atoms with Gasteiger partial charge in [0.25, 0.3) is 0 Å². The second kappa shape index (κ2) is 6.64. The van der Waals surface area contributed by atoms with Crippen LogP contribution in [0.4, 0.5) is 5.82 Å². The molecule has 1 aliphatic rings. The number of fused-ring (bicyclic) bond motifs is 3. The molecule has 1 fully saturated rings. The molecule has 7 heteroatoms. The van der Waals surface area contributed by atoms with Crippen molar-refractivity contribution in [2.24, 2.45) is 5.92 Å². The minimum atomic E-state index is -0.633. The van der Waals surface area contributed by atoms with E-state index in [0.717, 1.165) is 47.0 Å². The topological polar surface area (TPSA) is 97.7 Å². The number of pyridine rings is 2. The summed E-state index contributed by atoms with van der Waals surface area (Å²) < 4.78 is 0. The first-order valence-electron chi connectivity index (χ1n) is 8.83. The highest BCUT2D eigenvalue weighted by molar-refractivity contribution is 6.10. The summed E-state index contributed by atoms with van der Waals surface area (Å²) in [6.07, 6.45) is 7.42. The molecule has 0 aromatic carbocycles. The van der Waals surface area contributed by atoms with Gasteiger partial charge in [0.1, 0.15) is 17.4 Å². The number of anilines is 1. The number of aromatic amines is 1. The highest BCUT2D eigenvalue weighted by Crippen LogP contribution is 2.31. The Labute approximate surface area is 151 Å². The van der Waals surface area contributed by atoms with E-state index in [1.807, 2.05) is 30.6 Å². The zero-order valence-electron chi connectivity index (χ0n) is 14.6. The number of H-pyrrole nitrogens is 1. The number of nitrogens with zero attached hydrogens (tertiary/aromatic N) is 4. The predicted octanol–water partition coefficient (Wildman–Crippen LogP) is 2.36. The molecule has 0 bridgehead atoms. The summed E-state index contributed by atoms with van der Waals surface area (Å²) >= 11 is 0. The molecule has 0 saturated carbocycles. The zero-order valence-corrected chi connectivity index (χ0v) is 14.6. The molecular formula is C19H20N6O. The monoisotopic (exact) mass is 348 g/mol. The van der Waals surface area contributed by atoms with Crippen molar-refractivity contribution in [3.63, 3.8) is 0 Å². The number of piperidine rings is 1. The lowest BCUT2D eigenvalue weighted by Gasteiger charge is -2.34. The van der Waals surface area contributed by atoms with Gasteiger partial charge in [0.15, 0.2) is 0 Å². The highest BCUT2D eigenvalue weighted by Gasteiger charge is 2.25. The standard InChI is InChI=1S/C19H20N6O/c1-12(9-20)19(26)24-14-3-2-8-25(11-14)18-16-13(4-6-22-18)10-23-17-15(16)5-7-21-17/h4-7,10,12,14H,2-3,8,11H2,1H3,(H,21,23)(H,24,26). The summed E-state index contributed by atoms with van der Waals surface area (Å²) in [4.78, 5) is 26.5. The van der Waals surface area contributed by atoms with Crippen molar-refractivity contribution in [3.05, 3.63) is 30.7 Å². The van der Waals surface area contributed by atoms with E-state index in [4.69, 9.17) is 5.26 Å². The first kappa shape index (κ1) is 16.3. The van der Waals surface area contributed by atoms with Crippen LogP contribution >= 0.6 is 0 Å². The van der Waals surface area contributed by atoms with Gasteiger partial charge in [0, 0.05) is 53.9 Å². The van der Waals surface area contributed by atoms with Gasteiger partial charge in [0.2, 0.25) is 5.91 Å². The lowest BCUT2D eigenvalue weighted by molar-refractivity contribution is -0.123. The average molecular weight is 348 g/mol. The second-order valence-corrected chi connectivity index (χ2v) is 6.74. The predicted molar refractivity (Wildman–Crippen MR) is 99.5 cm³/mol. The molecule has 0 aliphatic carbocycles. The van der Waals surface area contributed by atoms with E-state index >= 15 is 0 Å². The molecule has 132 valence electrons. The minimum Gasteiger partial charge on any atom is -0.354 e. The van der Waals surface area contributed by atoms with Gasteiger partial charge < -0.3 is 15.2 Å². The van der Waals surface area contributed by atoms with Gasteiger partial charge in [-0.3, -0.25) is 4.79 Å². The Morgan fingerprint density at radius 2 is 2.35 bits per heavy atom. The van der Waals surface area contributed by atoms with E-state index in [9.17, 15) is 4.79 Å².